The number of hydrogen-bond acceptors (Lipinski definition) is 5. The van der Waals surface area contributed by atoms with Crippen molar-refractivity contribution in [1.82, 2.24) is 15.0 Å². The van der Waals surface area contributed by atoms with Crippen LogP contribution in [0.2, 0.25) is 0 Å². The molecule has 0 bridgehead atoms. The van der Waals surface area contributed by atoms with Crippen molar-refractivity contribution in [3.63, 3.8) is 0 Å². The maximum absolute atomic E-state index is 4.85. The fourth-order valence-electron chi connectivity index (χ4n) is 2.27. The first kappa shape index (κ1) is 11.2. The van der Waals surface area contributed by atoms with Gasteiger partial charge in [0.2, 0.25) is 0 Å². The van der Waals surface area contributed by atoms with Gasteiger partial charge in [0, 0.05) is 56.9 Å². The predicted molar refractivity (Wildman–Crippen MR) is 68.2 cm³/mol. The number of nitrogens with zero attached hydrogens (tertiary/aromatic N) is 4. The Labute approximate surface area is 106 Å². The van der Waals surface area contributed by atoms with E-state index in [9.17, 15) is 0 Å². The second-order valence-electron chi connectivity index (χ2n) is 4.46. The van der Waals surface area contributed by atoms with E-state index < -0.39 is 0 Å². The molecule has 0 aromatic carbocycles. The molecule has 5 heteroatoms. The van der Waals surface area contributed by atoms with Gasteiger partial charge in [0.25, 0.3) is 0 Å². The lowest BCUT2D eigenvalue weighted by atomic mass is 10.2. The number of rotatable bonds is 3. The minimum atomic E-state index is 0.876. The third-order valence-electron chi connectivity index (χ3n) is 3.28. The van der Waals surface area contributed by atoms with Crippen LogP contribution in [-0.2, 0) is 6.54 Å². The average Bonchev–Trinajstić information content (AvgIpc) is 2.94. The maximum atomic E-state index is 4.85. The number of pyridine rings is 1. The van der Waals surface area contributed by atoms with Crippen molar-refractivity contribution in [2.75, 3.05) is 31.1 Å². The van der Waals surface area contributed by atoms with Crippen LogP contribution in [0.4, 0.5) is 5.69 Å². The third kappa shape index (κ3) is 2.51. The maximum Gasteiger partial charge on any atom is 0.124 e. The first-order chi connectivity index (χ1) is 8.92. The number of hydrogen-bond donors (Lipinski definition) is 0. The van der Waals surface area contributed by atoms with Gasteiger partial charge in [0.1, 0.15) is 6.26 Å². The molecule has 1 fully saturated rings. The summed E-state index contributed by atoms with van der Waals surface area (Å²) in [4.78, 5) is 8.84. The molecule has 0 aliphatic carbocycles. The zero-order chi connectivity index (χ0) is 12.2. The second kappa shape index (κ2) is 5.18. The van der Waals surface area contributed by atoms with Gasteiger partial charge in [-0.05, 0) is 12.1 Å². The Bertz CT molecular complexity index is 463. The minimum absolute atomic E-state index is 0.876. The fourth-order valence-corrected chi connectivity index (χ4v) is 2.27. The largest absolute Gasteiger partial charge is 0.369 e. The van der Waals surface area contributed by atoms with Crippen LogP contribution in [0.25, 0.3) is 0 Å². The van der Waals surface area contributed by atoms with Crippen LogP contribution in [0.15, 0.2) is 41.4 Å². The molecule has 2 aromatic rings. The molecule has 0 saturated carbocycles. The Morgan fingerprint density at radius 1 is 1.06 bits per heavy atom. The monoisotopic (exact) mass is 244 g/mol. The lowest BCUT2D eigenvalue weighted by molar-refractivity contribution is 0.242. The lowest BCUT2D eigenvalue weighted by Gasteiger charge is -2.35. The number of anilines is 1. The highest BCUT2D eigenvalue weighted by Crippen LogP contribution is 2.15. The van der Waals surface area contributed by atoms with E-state index in [4.69, 9.17) is 4.52 Å². The Morgan fingerprint density at radius 2 is 1.83 bits per heavy atom. The highest BCUT2D eigenvalue weighted by Gasteiger charge is 2.17. The van der Waals surface area contributed by atoms with Crippen LogP contribution in [0.3, 0.4) is 0 Å². The van der Waals surface area contributed by atoms with E-state index in [0.29, 0.717) is 0 Å². The van der Waals surface area contributed by atoms with Crippen molar-refractivity contribution >= 4 is 5.69 Å². The first-order valence-electron chi connectivity index (χ1n) is 6.18. The third-order valence-corrected chi connectivity index (χ3v) is 3.28. The van der Waals surface area contributed by atoms with Gasteiger partial charge in [0.15, 0.2) is 0 Å². The van der Waals surface area contributed by atoms with E-state index in [-0.39, 0.29) is 0 Å². The summed E-state index contributed by atoms with van der Waals surface area (Å²) in [5.41, 5.74) is 2.26. The van der Waals surface area contributed by atoms with Gasteiger partial charge in [-0.15, -0.1) is 0 Å². The summed E-state index contributed by atoms with van der Waals surface area (Å²) >= 11 is 0. The molecule has 0 atom stereocenters. The van der Waals surface area contributed by atoms with E-state index in [0.717, 1.165) is 38.4 Å². The Hall–Kier alpha value is -1.88. The SMILES string of the molecule is c1cc(N2CCN(Cc3ccon3)CC2)ccn1. The molecule has 2 aromatic heterocycles. The van der Waals surface area contributed by atoms with E-state index >= 15 is 0 Å². The second-order valence-corrected chi connectivity index (χ2v) is 4.46. The molecular weight excluding hydrogens is 228 g/mol. The molecule has 94 valence electrons. The summed E-state index contributed by atoms with van der Waals surface area (Å²) in [7, 11) is 0. The van der Waals surface area contributed by atoms with Crippen molar-refractivity contribution in [3.05, 3.63) is 42.5 Å². The quantitative estimate of drug-likeness (QED) is 0.816. The molecule has 0 N–H and O–H groups in total. The van der Waals surface area contributed by atoms with E-state index in [1.165, 1.54) is 5.69 Å². The van der Waals surface area contributed by atoms with Gasteiger partial charge < -0.3 is 9.42 Å². The fraction of sp³-hybridized carbons (Fsp3) is 0.385. The lowest BCUT2D eigenvalue weighted by Crippen LogP contribution is -2.46. The van der Waals surface area contributed by atoms with Crippen LogP contribution in [0, 0.1) is 0 Å². The van der Waals surface area contributed by atoms with Crippen LogP contribution < -0.4 is 4.90 Å². The van der Waals surface area contributed by atoms with Crippen LogP contribution >= 0.6 is 0 Å². The molecule has 1 saturated heterocycles. The van der Waals surface area contributed by atoms with E-state index in [1.807, 2.05) is 18.5 Å². The van der Waals surface area contributed by atoms with Crippen molar-refractivity contribution in [3.8, 4) is 0 Å². The highest BCUT2D eigenvalue weighted by atomic mass is 16.5. The summed E-state index contributed by atoms with van der Waals surface area (Å²) in [5, 5.41) is 3.95. The van der Waals surface area contributed by atoms with Gasteiger partial charge in [-0.2, -0.15) is 0 Å². The molecule has 1 aliphatic heterocycles. The molecule has 3 rings (SSSR count). The molecule has 0 radical (unpaired) electrons. The van der Waals surface area contributed by atoms with Crippen LogP contribution in [0.1, 0.15) is 5.69 Å². The molecule has 0 amide bonds. The molecular formula is C13H16N4O. The Morgan fingerprint density at radius 3 is 2.50 bits per heavy atom. The average molecular weight is 244 g/mol. The summed E-state index contributed by atoms with van der Waals surface area (Å²) in [5.74, 6) is 0. The molecule has 1 aliphatic rings. The zero-order valence-corrected chi connectivity index (χ0v) is 10.2. The smallest absolute Gasteiger partial charge is 0.124 e. The van der Waals surface area contributed by atoms with Crippen molar-refractivity contribution in [2.24, 2.45) is 0 Å². The number of piperazine rings is 1. The molecule has 5 nitrogen and oxygen atoms in total. The number of aromatic nitrogens is 2. The minimum Gasteiger partial charge on any atom is -0.369 e. The predicted octanol–water partition coefficient (Wildman–Crippen LogP) is 1.39. The zero-order valence-electron chi connectivity index (χ0n) is 10.2. The highest BCUT2D eigenvalue weighted by molar-refractivity contribution is 5.44. The van der Waals surface area contributed by atoms with Gasteiger partial charge in [-0.25, -0.2) is 0 Å². The van der Waals surface area contributed by atoms with Crippen molar-refractivity contribution in [2.45, 2.75) is 6.54 Å². The molecule has 3 heterocycles. The summed E-state index contributed by atoms with van der Waals surface area (Å²) < 4.78 is 4.85. The van der Waals surface area contributed by atoms with Gasteiger partial charge in [-0.3, -0.25) is 9.88 Å². The Balaban J connectivity index is 1.55. The summed E-state index contributed by atoms with van der Waals surface area (Å²) in [6.07, 6.45) is 5.32. The topological polar surface area (TPSA) is 45.4 Å². The molecule has 0 spiro atoms. The van der Waals surface area contributed by atoms with Gasteiger partial charge in [-0.1, -0.05) is 5.16 Å². The van der Waals surface area contributed by atoms with E-state index in [2.05, 4.69) is 32.1 Å². The van der Waals surface area contributed by atoms with Crippen molar-refractivity contribution < 1.29 is 4.52 Å². The summed E-state index contributed by atoms with van der Waals surface area (Å²) in [6, 6.07) is 6.05. The van der Waals surface area contributed by atoms with Gasteiger partial charge in [0.05, 0.1) is 5.69 Å². The molecule has 0 unspecified atom stereocenters. The van der Waals surface area contributed by atoms with Gasteiger partial charge >= 0.3 is 0 Å². The van der Waals surface area contributed by atoms with E-state index in [1.54, 1.807) is 6.26 Å². The van der Waals surface area contributed by atoms with Crippen LogP contribution in [0.5, 0.6) is 0 Å². The summed E-state index contributed by atoms with van der Waals surface area (Å²) in [6.45, 7) is 5.06. The first-order valence-corrected chi connectivity index (χ1v) is 6.18. The standard InChI is InChI=1S/C13H16N4O/c1-4-14-5-2-13(1)17-8-6-16(7-9-17)11-12-3-10-18-15-12/h1-5,10H,6-9,11H2. The molecule has 18 heavy (non-hydrogen) atoms. The Kier molecular flexibility index (Phi) is 3.23. The normalized spacial score (nSPS) is 17.0. The van der Waals surface area contributed by atoms with Crippen molar-refractivity contribution in [1.29, 1.82) is 0 Å². The van der Waals surface area contributed by atoms with Crippen LogP contribution in [-0.4, -0.2) is 41.2 Å².